The predicted octanol–water partition coefficient (Wildman–Crippen LogP) is 5.65. The molecule has 1 aromatic carbocycles. The number of benzene rings is 1. The average molecular weight is 463 g/mol. The van der Waals surface area contributed by atoms with E-state index < -0.39 is 23.7 Å². The topological polar surface area (TPSA) is 87.6 Å². The van der Waals surface area contributed by atoms with Crippen LogP contribution in [0.2, 0.25) is 0 Å². The Morgan fingerprint density at radius 2 is 1.85 bits per heavy atom. The number of anilines is 1. The Bertz CT molecular complexity index is 1120. The second kappa shape index (κ2) is 9.85. The van der Waals surface area contributed by atoms with Crippen LogP contribution < -0.4 is 5.32 Å². The van der Waals surface area contributed by atoms with Crippen LogP contribution in [0.25, 0.3) is 0 Å². The number of urea groups is 1. The highest BCUT2D eigenvalue weighted by Crippen LogP contribution is 2.35. The van der Waals surface area contributed by atoms with Crippen molar-refractivity contribution in [2.45, 2.75) is 40.0 Å². The number of carbonyl (C=O) groups excluding carboxylic acids is 2. The van der Waals surface area contributed by atoms with Gasteiger partial charge in [-0.3, -0.25) is 0 Å². The molecule has 0 unspecified atom stereocenters. The molecule has 0 aliphatic heterocycles. The van der Waals surface area contributed by atoms with Gasteiger partial charge in [0.1, 0.15) is 11.5 Å². The van der Waals surface area contributed by atoms with Crippen LogP contribution in [0, 0.1) is 13.8 Å². The average Bonchev–Trinajstić information content (AvgIpc) is 3.36. The number of aromatic nitrogens is 1. The maximum atomic E-state index is 13.4. The number of nitrogens with zero attached hydrogens (tertiary/aromatic N) is 1. The first-order valence-corrected chi connectivity index (χ1v) is 10.2. The minimum atomic E-state index is -4.63. The Hall–Kier alpha value is -3.69. The molecule has 33 heavy (non-hydrogen) atoms. The van der Waals surface area contributed by atoms with Gasteiger partial charge in [0.05, 0.1) is 30.7 Å². The van der Waals surface area contributed by atoms with E-state index in [1.807, 2.05) is 0 Å². The number of rotatable bonds is 7. The maximum absolute atomic E-state index is 13.4. The zero-order valence-electron chi connectivity index (χ0n) is 18.4. The first-order valence-electron chi connectivity index (χ1n) is 10.2. The zero-order chi connectivity index (χ0) is 24.2. The lowest BCUT2D eigenvalue weighted by Gasteiger charge is -2.24. The Balaban J connectivity index is 1.91. The van der Waals surface area contributed by atoms with Crippen LogP contribution in [0.4, 0.5) is 23.7 Å². The van der Waals surface area contributed by atoms with Gasteiger partial charge < -0.3 is 24.4 Å². The number of aryl methyl sites for hydroxylation is 1. The van der Waals surface area contributed by atoms with E-state index in [1.54, 1.807) is 32.9 Å². The van der Waals surface area contributed by atoms with Gasteiger partial charge in [0.25, 0.3) is 0 Å². The molecule has 0 aliphatic rings. The number of esters is 1. The number of carbonyl (C=O) groups is 2. The molecule has 7 nitrogen and oxygen atoms in total. The molecular weight excluding hydrogens is 439 g/mol. The summed E-state index contributed by atoms with van der Waals surface area (Å²) in [5.74, 6) is -0.0730. The summed E-state index contributed by atoms with van der Waals surface area (Å²) in [6.45, 7) is 5.38. The largest absolute Gasteiger partial charge is 0.467 e. The fourth-order valence-electron chi connectivity index (χ4n) is 3.45. The Morgan fingerprint density at radius 3 is 2.48 bits per heavy atom. The third-order valence-electron chi connectivity index (χ3n) is 5.11. The number of ether oxygens (including phenoxy) is 1. The Kier molecular flexibility index (Phi) is 7.15. The summed E-state index contributed by atoms with van der Waals surface area (Å²) < 4.78 is 50.5. The number of nitrogens with one attached hydrogen (secondary N) is 2. The van der Waals surface area contributed by atoms with Gasteiger partial charge in [0.2, 0.25) is 0 Å². The van der Waals surface area contributed by atoms with Crippen LogP contribution in [-0.4, -0.2) is 28.5 Å². The fourth-order valence-corrected chi connectivity index (χ4v) is 3.45. The molecule has 0 atom stereocenters. The molecule has 0 bridgehead atoms. The molecule has 10 heteroatoms. The molecular formula is C23H24F3N3O4. The van der Waals surface area contributed by atoms with E-state index in [0.717, 1.165) is 6.07 Å². The number of hydrogen-bond donors (Lipinski definition) is 2. The molecule has 0 fully saturated rings. The van der Waals surface area contributed by atoms with Gasteiger partial charge in [0.15, 0.2) is 0 Å². The third-order valence-corrected chi connectivity index (χ3v) is 5.11. The van der Waals surface area contributed by atoms with E-state index in [4.69, 9.17) is 9.15 Å². The standard InChI is InChI=1S/C23H24F3N3O4/c1-4-32-21(30)20-14(2)17(15(3)27-20)13-29(12-16-8-7-11-33-16)22(31)28-19-10-6-5-9-18(19)23(24,25)26/h5-11,27H,4,12-13H2,1-3H3,(H,28,31). The molecule has 0 spiro atoms. The summed E-state index contributed by atoms with van der Waals surface area (Å²) in [7, 11) is 0. The number of halogens is 3. The van der Waals surface area contributed by atoms with Crippen LogP contribution in [0.1, 0.15) is 45.6 Å². The molecule has 176 valence electrons. The van der Waals surface area contributed by atoms with Crippen molar-refractivity contribution >= 4 is 17.7 Å². The fraction of sp³-hybridized carbons (Fsp3) is 0.304. The predicted molar refractivity (Wildman–Crippen MR) is 115 cm³/mol. The number of para-hydroxylation sites is 1. The van der Waals surface area contributed by atoms with Crippen molar-refractivity contribution in [2.75, 3.05) is 11.9 Å². The number of alkyl halides is 3. The third kappa shape index (κ3) is 5.57. The second-order valence-electron chi connectivity index (χ2n) is 7.36. The molecule has 0 saturated heterocycles. The van der Waals surface area contributed by atoms with Crippen molar-refractivity contribution in [2.24, 2.45) is 0 Å². The lowest BCUT2D eigenvalue weighted by Crippen LogP contribution is -2.34. The highest BCUT2D eigenvalue weighted by Gasteiger charge is 2.34. The van der Waals surface area contributed by atoms with Crippen LogP contribution in [0.5, 0.6) is 0 Å². The zero-order valence-corrected chi connectivity index (χ0v) is 18.4. The minimum Gasteiger partial charge on any atom is -0.467 e. The van der Waals surface area contributed by atoms with Crippen LogP contribution in [0.15, 0.2) is 47.1 Å². The van der Waals surface area contributed by atoms with E-state index in [9.17, 15) is 22.8 Å². The van der Waals surface area contributed by atoms with Crippen LogP contribution in [0.3, 0.4) is 0 Å². The van der Waals surface area contributed by atoms with Gasteiger partial charge in [-0.1, -0.05) is 12.1 Å². The van der Waals surface area contributed by atoms with Gasteiger partial charge >= 0.3 is 18.2 Å². The number of amides is 2. The van der Waals surface area contributed by atoms with Gasteiger partial charge in [-0.15, -0.1) is 0 Å². The first-order chi connectivity index (χ1) is 15.6. The van der Waals surface area contributed by atoms with Crippen molar-refractivity contribution in [3.8, 4) is 0 Å². The number of H-pyrrole nitrogens is 1. The van der Waals surface area contributed by atoms with E-state index >= 15 is 0 Å². The number of aromatic amines is 1. The van der Waals surface area contributed by atoms with Crippen molar-refractivity contribution in [1.82, 2.24) is 9.88 Å². The lowest BCUT2D eigenvalue weighted by atomic mass is 10.1. The van der Waals surface area contributed by atoms with Crippen molar-refractivity contribution in [3.05, 3.63) is 76.5 Å². The molecule has 2 aromatic heterocycles. The molecule has 2 heterocycles. The first kappa shape index (κ1) is 24.0. The highest BCUT2D eigenvalue weighted by molar-refractivity contribution is 5.91. The summed E-state index contributed by atoms with van der Waals surface area (Å²) >= 11 is 0. The molecule has 2 N–H and O–H groups in total. The molecule has 0 radical (unpaired) electrons. The number of hydrogen-bond acceptors (Lipinski definition) is 4. The summed E-state index contributed by atoms with van der Waals surface area (Å²) in [4.78, 5) is 29.6. The van der Waals surface area contributed by atoms with E-state index in [-0.39, 0.29) is 31.1 Å². The second-order valence-corrected chi connectivity index (χ2v) is 7.36. The molecule has 2 amide bonds. The maximum Gasteiger partial charge on any atom is 0.418 e. The van der Waals surface area contributed by atoms with Crippen molar-refractivity contribution < 1.29 is 31.9 Å². The summed E-state index contributed by atoms with van der Waals surface area (Å²) in [5, 5.41) is 2.36. The van der Waals surface area contributed by atoms with Gasteiger partial charge in [-0.05, 0) is 56.2 Å². The Labute approximate surface area is 188 Å². The summed E-state index contributed by atoms with van der Waals surface area (Å²) in [5.41, 5.74) is 0.862. The van der Waals surface area contributed by atoms with E-state index in [1.165, 1.54) is 29.4 Å². The SMILES string of the molecule is CCOC(=O)c1[nH]c(C)c(CN(Cc2ccco2)C(=O)Nc2ccccc2C(F)(F)F)c1C. The normalized spacial score (nSPS) is 11.3. The van der Waals surface area contributed by atoms with Gasteiger partial charge in [0, 0.05) is 12.2 Å². The molecule has 0 aliphatic carbocycles. The minimum absolute atomic E-state index is 0.00577. The summed E-state index contributed by atoms with van der Waals surface area (Å²) in [6, 6.07) is 7.31. The van der Waals surface area contributed by atoms with Crippen LogP contribution in [-0.2, 0) is 24.0 Å². The van der Waals surface area contributed by atoms with Crippen LogP contribution >= 0.6 is 0 Å². The number of furan rings is 1. The smallest absolute Gasteiger partial charge is 0.418 e. The van der Waals surface area contributed by atoms with Gasteiger partial charge in [-0.2, -0.15) is 13.2 Å². The lowest BCUT2D eigenvalue weighted by molar-refractivity contribution is -0.136. The molecule has 3 rings (SSSR count). The van der Waals surface area contributed by atoms with E-state index in [0.29, 0.717) is 22.6 Å². The monoisotopic (exact) mass is 463 g/mol. The van der Waals surface area contributed by atoms with Crippen molar-refractivity contribution in [3.63, 3.8) is 0 Å². The molecule has 3 aromatic rings. The van der Waals surface area contributed by atoms with E-state index in [2.05, 4.69) is 10.3 Å². The quantitative estimate of drug-likeness (QED) is 0.443. The Morgan fingerprint density at radius 1 is 1.12 bits per heavy atom. The van der Waals surface area contributed by atoms with Crippen molar-refractivity contribution in [1.29, 1.82) is 0 Å². The highest BCUT2D eigenvalue weighted by atomic mass is 19.4. The molecule has 0 saturated carbocycles. The van der Waals surface area contributed by atoms with Gasteiger partial charge in [-0.25, -0.2) is 9.59 Å². The summed E-state index contributed by atoms with van der Waals surface area (Å²) in [6.07, 6.45) is -3.19.